The number of carbonyl (C=O) groups excluding carboxylic acids is 1. The largest absolute Gasteiger partial charge is 0.379 e. The number of morpholine rings is 1. The predicted molar refractivity (Wildman–Crippen MR) is 86.5 cm³/mol. The zero-order valence-electron chi connectivity index (χ0n) is 13.2. The fourth-order valence-corrected chi connectivity index (χ4v) is 3.55. The molecule has 1 aromatic carbocycles. The first-order valence-electron chi connectivity index (χ1n) is 8.49. The van der Waals surface area contributed by atoms with Gasteiger partial charge in [-0.1, -0.05) is 43.2 Å². The molecule has 1 atom stereocenters. The normalized spacial score (nSPS) is 21.6. The molecule has 4 heteroatoms. The van der Waals surface area contributed by atoms with Crippen LogP contribution in [0.2, 0.25) is 0 Å². The summed E-state index contributed by atoms with van der Waals surface area (Å²) in [5.74, 6) is 0.479. The van der Waals surface area contributed by atoms with E-state index in [0.717, 1.165) is 39.1 Å². The van der Waals surface area contributed by atoms with Crippen molar-refractivity contribution in [1.29, 1.82) is 0 Å². The standard InChI is InChI=1S/C18H26N2O2/c21-18(16-8-4-5-9-16)19-14-17(15-6-2-1-3-7-15)20-10-12-22-13-11-20/h1-3,6-7,16-17H,4-5,8-14H2,(H,19,21). The highest BCUT2D eigenvalue weighted by atomic mass is 16.5. The highest BCUT2D eigenvalue weighted by molar-refractivity contribution is 5.78. The summed E-state index contributed by atoms with van der Waals surface area (Å²) in [7, 11) is 0. The molecule has 22 heavy (non-hydrogen) atoms. The maximum absolute atomic E-state index is 12.3. The quantitative estimate of drug-likeness (QED) is 0.908. The van der Waals surface area contributed by atoms with Gasteiger partial charge in [-0.15, -0.1) is 0 Å². The van der Waals surface area contributed by atoms with Gasteiger partial charge in [-0.3, -0.25) is 9.69 Å². The van der Waals surface area contributed by atoms with E-state index >= 15 is 0 Å². The molecule has 1 amide bonds. The molecule has 1 aromatic rings. The van der Waals surface area contributed by atoms with Crippen molar-refractivity contribution in [3.05, 3.63) is 35.9 Å². The molecule has 2 fully saturated rings. The van der Waals surface area contributed by atoms with Crippen molar-refractivity contribution < 1.29 is 9.53 Å². The second-order valence-corrected chi connectivity index (χ2v) is 6.30. The van der Waals surface area contributed by atoms with Crippen LogP contribution in [0, 0.1) is 5.92 Å². The molecule has 1 saturated carbocycles. The Morgan fingerprint density at radius 3 is 2.55 bits per heavy atom. The zero-order chi connectivity index (χ0) is 15.2. The minimum atomic E-state index is 0.237. The Bertz CT molecular complexity index is 465. The molecule has 1 saturated heterocycles. The summed E-state index contributed by atoms with van der Waals surface area (Å²) >= 11 is 0. The third kappa shape index (κ3) is 3.87. The Hall–Kier alpha value is -1.39. The number of nitrogens with zero attached hydrogens (tertiary/aromatic N) is 1. The number of carbonyl (C=O) groups is 1. The predicted octanol–water partition coefficient (Wildman–Crippen LogP) is 2.37. The molecule has 2 aliphatic rings. The lowest BCUT2D eigenvalue weighted by atomic mass is 10.0. The van der Waals surface area contributed by atoms with Gasteiger partial charge in [0.1, 0.15) is 0 Å². The number of ether oxygens (including phenoxy) is 1. The summed E-state index contributed by atoms with van der Waals surface area (Å²) in [4.78, 5) is 14.7. The fourth-order valence-electron chi connectivity index (χ4n) is 3.55. The smallest absolute Gasteiger partial charge is 0.223 e. The summed E-state index contributed by atoms with van der Waals surface area (Å²) in [5, 5.41) is 3.20. The Morgan fingerprint density at radius 2 is 1.86 bits per heavy atom. The summed E-state index contributed by atoms with van der Waals surface area (Å²) in [5.41, 5.74) is 1.27. The van der Waals surface area contributed by atoms with Crippen molar-refractivity contribution in [3.63, 3.8) is 0 Å². The lowest BCUT2D eigenvalue weighted by Gasteiger charge is -2.35. The van der Waals surface area contributed by atoms with Crippen LogP contribution >= 0.6 is 0 Å². The van der Waals surface area contributed by atoms with Crippen molar-refractivity contribution in [2.24, 2.45) is 5.92 Å². The Labute approximate surface area is 132 Å². The molecule has 1 aliphatic heterocycles. The third-order valence-corrected chi connectivity index (χ3v) is 4.87. The molecule has 1 N–H and O–H groups in total. The van der Waals surface area contributed by atoms with Crippen molar-refractivity contribution in [2.45, 2.75) is 31.7 Å². The fraction of sp³-hybridized carbons (Fsp3) is 0.611. The zero-order valence-corrected chi connectivity index (χ0v) is 13.2. The first kappa shape index (κ1) is 15.5. The molecule has 1 heterocycles. The van der Waals surface area contributed by atoms with E-state index in [0.29, 0.717) is 6.54 Å². The minimum absolute atomic E-state index is 0.237. The number of benzene rings is 1. The molecular weight excluding hydrogens is 276 g/mol. The Kier molecular flexibility index (Phi) is 5.46. The highest BCUT2D eigenvalue weighted by Gasteiger charge is 2.26. The van der Waals surface area contributed by atoms with Gasteiger partial charge < -0.3 is 10.1 Å². The molecule has 4 nitrogen and oxygen atoms in total. The van der Waals surface area contributed by atoms with Crippen LogP contribution in [0.5, 0.6) is 0 Å². The van der Waals surface area contributed by atoms with Crippen LogP contribution < -0.4 is 5.32 Å². The summed E-state index contributed by atoms with van der Waals surface area (Å²) in [6.07, 6.45) is 4.51. The topological polar surface area (TPSA) is 41.6 Å². The van der Waals surface area contributed by atoms with E-state index in [2.05, 4.69) is 34.5 Å². The van der Waals surface area contributed by atoms with Crippen LogP contribution in [0.15, 0.2) is 30.3 Å². The van der Waals surface area contributed by atoms with Crippen molar-refractivity contribution in [2.75, 3.05) is 32.8 Å². The molecule has 0 bridgehead atoms. The van der Waals surface area contributed by atoms with Gasteiger partial charge in [-0.25, -0.2) is 0 Å². The lowest BCUT2D eigenvalue weighted by Crippen LogP contribution is -2.44. The molecule has 1 unspecified atom stereocenters. The van der Waals surface area contributed by atoms with E-state index in [9.17, 15) is 4.79 Å². The Morgan fingerprint density at radius 1 is 1.18 bits per heavy atom. The number of amides is 1. The lowest BCUT2D eigenvalue weighted by molar-refractivity contribution is -0.125. The van der Waals surface area contributed by atoms with Gasteiger partial charge in [-0.05, 0) is 18.4 Å². The molecular formula is C18H26N2O2. The van der Waals surface area contributed by atoms with Crippen LogP contribution in [0.3, 0.4) is 0 Å². The maximum Gasteiger partial charge on any atom is 0.223 e. The van der Waals surface area contributed by atoms with Crippen LogP contribution in [0.25, 0.3) is 0 Å². The van der Waals surface area contributed by atoms with Crippen molar-refractivity contribution >= 4 is 5.91 Å². The van der Waals surface area contributed by atoms with E-state index < -0.39 is 0 Å². The van der Waals surface area contributed by atoms with Gasteiger partial charge in [0.25, 0.3) is 0 Å². The monoisotopic (exact) mass is 302 g/mol. The molecule has 0 spiro atoms. The Balaban J connectivity index is 1.64. The van der Waals surface area contributed by atoms with E-state index in [-0.39, 0.29) is 17.9 Å². The number of nitrogens with one attached hydrogen (secondary N) is 1. The van der Waals surface area contributed by atoms with Gasteiger partial charge >= 0.3 is 0 Å². The van der Waals surface area contributed by atoms with Crippen molar-refractivity contribution in [1.82, 2.24) is 10.2 Å². The highest BCUT2D eigenvalue weighted by Crippen LogP contribution is 2.25. The molecule has 3 rings (SSSR count). The third-order valence-electron chi connectivity index (χ3n) is 4.87. The maximum atomic E-state index is 12.3. The van der Waals surface area contributed by atoms with E-state index in [1.54, 1.807) is 0 Å². The van der Waals surface area contributed by atoms with E-state index in [4.69, 9.17) is 4.74 Å². The molecule has 0 radical (unpaired) electrons. The first-order valence-corrected chi connectivity index (χ1v) is 8.49. The van der Waals surface area contributed by atoms with Gasteiger partial charge in [0.05, 0.1) is 19.3 Å². The summed E-state index contributed by atoms with van der Waals surface area (Å²) in [6, 6.07) is 10.7. The van der Waals surface area contributed by atoms with Crippen molar-refractivity contribution in [3.8, 4) is 0 Å². The van der Waals surface area contributed by atoms with E-state index in [1.165, 1.54) is 18.4 Å². The average Bonchev–Trinajstić information content (AvgIpc) is 3.11. The van der Waals surface area contributed by atoms with Crippen LogP contribution in [-0.2, 0) is 9.53 Å². The first-order chi connectivity index (χ1) is 10.8. The second-order valence-electron chi connectivity index (χ2n) is 6.30. The van der Waals surface area contributed by atoms with Crippen LogP contribution in [-0.4, -0.2) is 43.7 Å². The SMILES string of the molecule is O=C(NCC(c1ccccc1)N1CCOCC1)C1CCCC1. The average molecular weight is 302 g/mol. The van der Waals surface area contributed by atoms with Crippen LogP contribution in [0.1, 0.15) is 37.3 Å². The molecule has 120 valence electrons. The molecule has 0 aromatic heterocycles. The minimum Gasteiger partial charge on any atom is -0.379 e. The van der Waals surface area contributed by atoms with E-state index in [1.807, 2.05) is 6.07 Å². The van der Waals surface area contributed by atoms with Gasteiger partial charge in [0, 0.05) is 25.6 Å². The molecule has 1 aliphatic carbocycles. The number of hydrogen-bond acceptors (Lipinski definition) is 3. The van der Waals surface area contributed by atoms with Gasteiger partial charge in [0.2, 0.25) is 5.91 Å². The number of rotatable bonds is 5. The summed E-state index contributed by atoms with van der Waals surface area (Å²) in [6.45, 7) is 4.11. The number of hydrogen-bond donors (Lipinski definition) is 1. The van der Waals surface area contributed by atoms with Crippen LogP contribution in [0.4, 0.5) is 0 Å². The summed E-state index contributed by atoms with van der Waals surface area (Å²) < 4.78 is 5.46. The van der Waals surface area contributed by atoms with Gasteiger partial charge in [-0.2, -0.15) is 0 Å². The van der Waals surface area contributed by atoms with Gasteiger partial charge in [0.15, 0.2) is 0 Å². The second kappa shape index (κ2) is 7.75.